The van der Waals surface area contributed by atoms with Crippen LogP contribution in [-0.4, -0.2) is 34.8 Å². The first-order chi connectivity index (χ1) is 15.9. The molecular weight excluding hydrogens is 412 g/mol. The maximum Gasteiger partial charge on any atom is 0.282 e. The number of aromatic nitrogens is 3. The SMILES string of the molecule is COc1ccc(-c2c(C)[nH]c3c(N4CC5C(C4)C5(C)C)c(-c4ccccc4)nn3c2=O)cc1. The van der Waals surface area contributed by atoms with Crippen LogP contribution in [0.2, 0.25) is 0 Å². The number of anilines is 1. The Hall–Kier alpha value is -3.54. The fourth-order valence-electron chi connectivity index (χ4n) is 5.68. The zero-order chi connectivity index (χ0) is 22.9. The van der Waals surface area contributed by atoms with Crippen LogP contribution in [0, 0.1) is 24.2 Å². The second kappa shape index (κ2) is 6.98. The molecule has 6 nitrogen and oxygen atoms in total. The number of aromatic amines is 1. The highest BCUT2D eigenvalue weighted by Gasteiger charge is 2.62. The minimum atomic E-state index is -0.112. The molecule has 0 radical (unpaired) electrons. The number of nitrogens with one attached hydrogen (secondary N) is 1. The molecule has 0 amide bonds. The Balaban J connectivity index is 1.55. The summed E-state index contributed by atoms with van der Waals surface area (Å²) in [4.78, 5) is 19.7. The van der Waals surface area contributed by atoms with E-state index in [0.29, 0.717) is 22.8 Å². The lowest BCUT2D eigenvalue weighted by atomic mass is 10.0. The Labute approximate surface area is 192 Å². The van der Waals surface area contributed by atoms with Gasteiger partial charge < -0.3 is 14.6 Å². The average molecular weight is 441 g/mol. The summed E-state index contributed by atoms with van der Waals surface area (Å²) in [6.07, 6.45) is 0. The zero-order valence-electron chi connectivity index (χ0n) is 19.4. The highest BCUT2D eigenvalue weighted by atomic mass is 16.5. The van der Waals surface area contributed by atoms with E-state index < -0.39 is 0 Å². The van der Waals surface area contributed by atoms with E-state index >= 15 is 0 Å². The Morgan fingerprint density at radius 1 is 1.00 bits per heavy atom. The third-order valence-corrected chi connectivity index (χ3v) is 7.81. The number of ether oxygens (including phenoxy) is 1. The fourth-order valence-corrected chi connectivity index (χ4v) is 5.68. The number of piperidine rings is 1. The largest absolute Gasteiger partial charge is 0.497 e. The first-order valence-electron chi connectivity index (χ1n) is 11.5. The number of hydrogen-bond acceptors (Lipinski definition) is 4. The van der Waals surface area contributed by atoms with Crippen LogP contribution in [0.3, 0.4) is 0 Å². The van der Waals surface area contributed by atoms with Gasteiger partial charge in [-0.15, -0.1) is 0 Å². The molecule has 0 spiro atoms. The van der Waals surface area contributed by atoms with Crippen LogP contribution in [-0.2, 0) is 0 Å². The number of rotatable bonds is 4. The van der Waals surface area contributed by atoms with E-state index in [9.17, 15) is 4.79 Å². The van der Waals surface area contributed by atoms with Gasteiger partial charge in [0.2, 0.25) is 0 Å². The van der Waals surface area contributed by atoms with Crippen LogP contribution in [0.25, 0.3) is 28.0 Å². The smallest absolute Gasteiger partial charge is 0.282 e. The lowest BCUT2D eigenvalue weighted by Crippen LogP contribution is -2.27. The predicted octanol–water partition coefficient (Wildman–Crippen LogP) is 4.77. The van der Waals surface area contributed by atoms with Crippen molar-refractivity contribution in [1.29, 1.82) is 0 Å². The molecule has 3 heterocycles. The number of fused-ring (bicyclic) bond motifs is 2. The molecule has 2 fully saturated rings. The van der Waals surface area contributed by atoms with Gasteiger partial charge in [-0.3, -0.25) is 4.79 Å². The van der Waals surface area contributed by atoms with Crippen molar-refractivity contribution in [3.05, 3.63) is 70.6 Å². The lowest BCUT2D eigenvalue weighted by molar-refractivity contribution is 0.415. The van der Waals surface area contributed by atoms with Gasteiger partial charge in [0.25, 0.3) is 5.56 Å². The molecular formula is C27H28N4O2. The van der Waals surface area contributed by atoms with Gasteiger partial charge in [0, 0.05) is 24.3 Å². The van der Waals surface area contributed by atoms with Crippen LogP contribution in [0.15, 0.2) is 59.4 Å². The maximum atomic E-state index is 13.7. The highest BCUT2D eigenvalue weighted by Crippen LogP contribution is 2.62. The van der Waals surface area contributed by atoms with Crippen molar-refractivity contribution in [2.24, 2.45) is 17.3 Å². The Morgan fingerprint density at radius 3 is 2.30 bits per heavy atom. The number of H-pyrrole nitrogens is 1. The third-order valence-electron chi connectivity index (χ3n) is 7.81. The normalized spacial score (nSPS) is 20.8. The Kier molecular flexibility index (Phi) is 4.25. The molecule has 1 aliphatic heterocycles. The van der Waals surface area contributed by atoms with Crippen molar-refractivity contribution < 1.29 is 4.74 Å². The minimum Gasteiger partial charge on any atom is -0.497 e. The predicted molar refractivity (Wildman–Crippen MR) is 131 cm³/mol. The molecule has 4 aromatic rings. The molecule has 2 atom stereocenters. The molecule has 2 unspecified atom stereocenters. The van der Waals surface area contributed by atoms with Crippen molar-refractivity contribution in [1.82, 2.24) is 14.6 Å². The molecule has 168 valence electrons. The number of hydrogen-bond donors (Lipinski definition) is 1. The third kappa shape index (κ3) is 2.93. The summed E-state index contributed by atoms with van der Waals surface area (Å²) in [6, 6.07) is 17.8. The Morgan fingerprint density at radius 2 is 1.67 bits per heavy atom. The standard InChI is InChI=1S/C27H28N4O2/c1-16-22(17-10-12-19(33-4)13-11-17)26(32)31-25(28-16)24(23(29-31)18-8-6-5-7-9-18)30-14-20-21(15-30)27(20,2)3/h5-13,20-21,28H,14-15H2,1-4H3. The minimum absolute atomic E-state index is 0.112. The topological polar surface area (TPSA) is 62.6 Å². The summed E-state index contributed by atoms with van der Waals surface area (Å²) in [5, 5.41) is 4.87. The van der Waals surface area contributed by atoms with E-state index in [1.807, 2.05) is 49.4 Å². The molecule has 2 aromatic heterocycles. The molecule has 2 aromatic carbocycles. The summed E-state index contributed by atoms with van der Waals surface area (Å²) < 4.78 is 6.83. The number of methoxy groups -OCH3 is 1. The molecule has 1 N–H and O–H groups in total. The molecule has 1 saturated carbocycles. The summed E-state index contributed by atoms with van der Waals surface area (Å²) >= 11 is 0. The molecule has 33 heavy (non-hydrogen) atoms. The molecule has 2 aliphatic rings. The second-order valence-electron chi connectivity index (χ2n) is 9.92. The van der Waals surface area contributed by atoms with Crippen LogP contribution in [0.4, 0.5) is 5.69 Å². The molecule has 1 saturated heterocycles. The lowest BCUT2D eigenvalue weighted by Gasteiger charge is -2.24. The number of aryl methyl sites for hydroxylation is 1. The number of benzene rings is 2. The van der Waals surface area contributed by atoms with Gasteiger partial charge in [0.05, 0.1) is 12.7 Å². The monoisotopic (exact) mass is 440 g/mol. The van der Waals surface area contributed by atoms with Crippen molar-refractivity contribution in [2.75, 3.05) is 25.1 Å². The van der Waals surface area contributed by atoms with E-state index in [1.165, 1.54) is 0 Å². The van der Waals surface area contributed by atoms with Gasteiger partial charge in [0.1, 0.15) is 17.1 Å². The van der Waals surface area contributed by atoms with E-state index in [-0.39, 0.29) is 5.56 Å². The van der Waals surface area contributed by atoms with Crippen LogP contribution in [0.1, 0.15) is 19.5 Å². The highest BCUT2D eigenvalue weighted by molar-refractivity contribution is 5.87. The quantitative estimate of drug-likeness (QED) is 0.497. The van der Waals surface area contributed by atoms with Crippen LogP contribution >= 0.6 is 0 Å². The maximum absolute atomic E-state index is 13.7. The number of nitrogens with zero attached hydrogens (tertiary/aromatic N) is 3. The molecule has 0 bridgehead atoms. The molecule has 6 rings (SSSR count). The summed E-state index contributed by atoms with van der Waals surface area (Å²) in [5.74, 6) is 2.15. The van der Waals surface area contributed by atoms with Gasteiger partial charge in [-0.25, -0.2) is 0 Å². The second-order valence-corrected chi connectivity index (χ2v) is 9.92. The van der Waals surface area contributed by atoms with Crippen LogP contribution in [0.5, 0.6) is 5.75 Å². The van der Waals surface area contributed by atoms with Crippen molar-refractivity contribution in [2.45, 2.75) is 20.8 Å². The van der Waals surface area contributed by atoms with Gasteiger partial charge in [0.15, 0.2) is 5.65 Å². The van der Waals surface area contributed by atoms with Gasteiger partial charge in [-0.1, -0.05) is 56.3 Å². The van der Waals surface area contributed by atoms with Crippen molar-refractivity contribution in [3.8, 4) is 28.1 Å². The van der Waals surface area contributed by atoms with Gasteiger partial charge in [-0.2, -0.15) is 9.61 Å². The molecule has 1 aliphatic carbocycles. The van der Waals surface area contributed by atoms with Crippen LogP contribution < -0.4 is 15.2 Å². The summed E-state index contributed by atoms with van der Waals surface area (Å²) in [7, 11) is 1.64. The molecule has 6 heteroatoms. The van der Waals surface area contributed by atoms with E-state index in [0.717, 1.165) is 52.7 Å². The van der Waals surface area contributed by atoms with Crippen molar-refractivity contribution >= 4 is 11.3 Å². The summed E-state index contributed by atoms with van der Waals surface area (Å²) in [5.41, 5.74) is 6.29. The van der Waals surface area contributed by atoms with E-state index in [4.69, 9.17) is 9.84 Å². The van der Waals surface area contributed by atoms with E-state index in [1.54, 1.807) is 11.6 Å². The Bertz CT molecular complexity index is 1400. The zero-order valence-corrected chi connectivity index (χ0v) is 19.4. The average Bonchev–Trinajstić information content (AvgIpc) is 3.20. The first kappa shape index (κ1) is 20.1. The summed E-state index contributed by atoms with van der Waals surface area (Å²) in [6.45, 7) is 8.69. The van der Waals surface area contributed by atoms with Gasteiger partial charge in [-0.05, 0) is 41.9 Å². The first-order valence-corrected chi connectivity index (χ1v) is 11.5. The van der Waals surface area contributed by atoms with Gasteiger partial charge >= 0.3 is 0 Å². The van der Waals surface area contributed by atoms with E-state index in [2.05, 4.69) is 35.9 Å². The fraction of sp³-hybridized carbons (Fsp3) is 0.333. The van der Waals surface area contributed by atoms with Crippen molar-refractivity contribution in [3.63, 3.8) is 0 Å².